The summed E-state index contributed by atoms with van der Waals surface area (Å²) in [6.07, 6.45) is 0. The van der Waals surface area contributed by atoms with Gasteiger partial charge in [-0.15, -0.1) is 0 Å². The van der Waals surface area contributed by atoms with E-state index >= 15 is 0 Å². The van der Waals surface area contributed by atoms with Gasteiger partial charge in [-0.3, -0.25) is 4.79 Å². The lowest BCUT2D eigenvalue weighted by molar-refractivity contribution is -0.119. The Balaban J connectivity index is 1.48. The summed E-state index contributed by atoms with van der Waals surface area (Å²) < 4.78 is 29.3. The van der Waals surface area contributed by atoms with Gasteiger partial charge in [-0.2, -0.15) is 5.10 Å². The lowest BCUT2D eigenvalue weighted by Crippen LogP contribution is -2.22. The lowest BCUT2D eigenvalue weighted by Gasteiger charge is -2.09. The third-order valence-corrected chi connectivity index (χ3v) is 5.73. The minimum Gasteiger partial charge on any atom is -0.452 e. The van der Waals surface area contributed by atoms with Crippen LogP contribution in [0.1, 0.15) is 10.4 Å². The quantitative estimate of drug-likeness (QED) is 0.394. The maximum Gasteiger partial charge on any atom is 0.338 e. The van der Waals surface area contributed by atoms with Crippen LogP contribution in [0.3, 0.4) is 0 Å². The van der Waals surface area contributed by atoms with Crippen molar-refractivity contribution >= 4 is 27.7 Å². The molecule has 3 aromatic carbocycles. The van der Waals surface area contributed by atoms with Gasteiger partial charge >= 0.3 is 5.97 Å². The van der Waals surface area contributed by atoms with Crippen LogP contribution in [-0.2, 0) is 19.6 Å². The van der Waals surface area contributed by atoms with Crippen molar-refractivity contribution in [3.63, 3.8) is 0 Å². The van der Waals surface area contributed by atoms with Crippen LogP contribution < -0.4 is 10.5 Å². The molecule has 0 radical (unpaired) electrons. The highest BCUT2D eigenvalue weighted by molar-refractivity contribution is 7.89. The number of nitrogens with one attached hydrogen (secondary N) is 1. The molecule has 0 unspecified atom stereocenters. The van der Waals surface area contributed by atoms with Crippen molar-refractivity contribution in [2.75, 3.05) is 11.9 Å². The third kappa shape index (κ3) is 5.37. The maximum absolute atomic E-state index is 12.5. The Hall–Kier alpha value is -4.28. The van der Waals surface area contributed by atoms with E-state index in [-0.39, 0.29) is 10.5 Å². The molecule has 3 N–H and O–H groups in total. The fourth-order valence-electron chi connectivity index (χ4n) is 3.16. The van der Waals surface area contributed by atoms with Crippen LogP contribution in [0.4, 0.5) is 5.82 Å². The Morgan fingerprint density at radius 1 is 0.912 bits per heavy atom. The molecule has 34 heavy (non-hydrogen) atoms. The molecule has 10 heteroatoms. The smallest absolute Gasteiger partial charge is 0.338 e. The van der Waals surface area contributed by atoms with Gasteiger partial charge in [0.15, 0.2) is 6.61 Å². The zero-order valence-corrected chi connectivity index (χ0v) is 18.6. The Morgan fingerprint density at radius 2 is 1.53 bits per heavy atom. The Morgan fingerprint density at radius 3 is 2.15 bits per heavy atom. The number of para-hydroxylation sites is 1. The molecule has 0 saturated carbocycles. The number of nitrogens with two attached hydrogens (primary N) is 1. The van der Waals surface area contributed by atoms with Crippen molar-refractivity contribution < 1.29 is 22.7 Å². The molecule has 4 aromatic rings. The van der Waals surface area contributed by atoms with Crippen LogP contribution in [0, 0.1) is 0 Å². The summed E-state index contributed by atoms with van der Waals surface area (Å²) in [7, 11) is -3.88. The number of carbonyl (C=O) groups excluding carboxylic acids is 2. The fraction of sp³-hybridized carbons (Fsp3) is 0.0417. The predicted octanol–water partition coefficient (Wildman–Crippen LogP) is 2.98. The van der Waals surface area contributed by atoms with Crippen molar-refractivity contribution in [3.8, 4) is 16.9 Å². The number of esters is 1. The van der Waals surface area contributed by atoms with Crippen LogP contribution in [0.25, 0.3) is 16.9 Å². The van der Waals surface area contributed by atoms with E-state index in [2.05, 4.69) is 10.4 Å². The topological polar surface area (TPSA) is 133 Å². The maximum atomic E-state index is 12.5. The number of hydrogen-bond acceptors (Lipinski definition) is 6. The summed E-state index contributed by atoms with van der Waals surface area (Å²) in [5, 5.41) is 12.4. The molecule has 172 valence electrons. The minimum atomic E-state index is -3.88. The highest BCUT2D eigenvalue weighted by Crippen LogP contribution is 2.24. The summed E-state index contributed by atoms with van der Waals surface area (Å²) in [6.45, 7) is -0.545. The first-order chi connectivity index (χ1) is 16.3. The van der Waals surface area contributed by atoms with Crippen molar-refractivity contribution in [3.05, 3.63) is 96.6 Å². The van der Waals surface area contributed by atoms with Crippen LogP contribution >= 0.6 is 0 Å². The van der Waals surface area contributed by atoms with Gasteiger partial charge in [0.05, 0.1) is 21.8 Å². The van der Waals surface area contributed by atoms with Crippen molar-refractivity contribution in [2.24, 2.45) is 5.14 Å². The predicted molar refractivity (Wildman–Crippen MR) is 126 cm³/mol. The number of aromatic nitrogens is 2. The Labute approximate surface area is 195 Å². The molecule has 0 spiro atoms. The molecular weight excluding hydrogens is 456 g/mol. The SMILES string of the molecule is NS(=O)(=O)c1ccc(C(=O)OCC(=O)Nc2cc(-c3ccccc3)nn2-c2ccccc2)cc1. The van der Waals surface area contributed by atoms with E-state index in [9.17, 15) is 18.0 Å². The number of anilines is 1. The summed E-state index contributed by atoms with van der Waals surface area (Å²) in [6, 6.07) is 25.4. The first kappa shape index (κ1) is 22.9. The van der Waals surface area contributed by atoms with Gasteiger partial charge in [-0.05, 0) is 36.4 Å². The van der Waals surface area contributed by atoms with Crippen molar-refractivity contribution in [2.45, 2.75) is 4.90 Å². The van der Waals surface area contributed by atoms with E-state index < -0.39 is 28.5 Å². The molecule has 0 aliphatic carbocycles. The summed E-state index contributed by atoms with van der Waals surface area (Å²) in [5.41, 5.74) is 2.36. The summed E-state index contributed by atoms with van der Waals surface area (Å²) in [5.74, 6) is -0.938. The monoisotopic (exact) mass is 476 g/mol. The van der Waals surface area contributed by atoms with E-state index in [4.69, 9.17) is 9.88 Å². The number of hydrogen-bond donors (Lipinski definition) is 2. The van der Waals surface area contributed by atoms with Crippen LogP contribution in [0.5, 0.6) is 0 Å². The largest absolute Gasteiger partial charge is 0.452 e. The van der Waals surface area contributed by atoms with Crippen molar-refractivity contribution in [1.82, 2.24) is 9.78 Å². The summed E-state index contributed by atoms with van der Waals surface area (Å²) in [4.78, 5) is 24.6. The molecular formula is C24H20N4O5S. The molecule has 0 saturated heterocycles. The van der Waals surface area contributed by atoms with Gasteiger partial charge < -0.3 is 10.1 Å². The second-order valence-corrected chi connectivity index (χ2v) is 8.78. The fourth-order valence-corrected chi connectivity index (χ4v) is 3.68. The second-order valence-electron chi connectivity index (χ2n) is 7.22. The zero-order chi connectivity index (χ0) is 24.1. The molecule has 0 bridgehead atoms. The number of benzene rings is 3. The molecule has 4 rings (SSSR count). The molecule has 9 nitrogen and oxygen atoms in total. The normalized spacial score (nSPS) is 11.1. The zero-order valence-electron chi connectivity index (χ0n) is 17.8. The molecule has 1 amide bonds. The molecule has 1 heterocycles. The highest BCUT2D eigenvalue weighted by atomic mass is 32.2. The van der Waals surface area contributed by atoms with Gasteiger partial charge in [-0.1, -0.05) is 48.5 Å². The van der Waals surface area contributed by atoms with Gasteiger partial charge in [0, 0.05) is 11.6 Å². The Kier molecular flexibility index (Phi) is 6.53. The van der Waals surface area contributed by atoms with E-state index in [0.29, 0.717) is 11.5 Å². The number of amides is 1. The van der Waals surface area contributed by atoms with E-state index in [1.165, 1.54) is 24.3 Å². The van der Waals surface area contributed by atoms with E-state index in [1.807, 2.05) is 60.7 Å². The third-order valence-electron chi connectivity index (χ3n) is 4.80. The van der Waals surface area contributed by atoms with Gasteiger partial charge in [-0.25, -0.2) is 23.0 Å². The average molecular weight is 477 g/mol. The lowest BCUT2D eigenvalue weighted by atomic mass is 10.2. The number of primary sulfonamides is 1. The molecule has 0 aliphatic heterocycles. The Bertz CT molecular complexity index is 1420. The van der Waals surface area contributed by atoms with Crippen LogP contribution in [0.2, 0.25) is 0 Å². The van der Waals surface area contributed by atoms with E-state index in [1.54, 1.807) is 10.7 Å². The molecule has 0 aliphatic rings. The average Bonchev–Trinajstić information content (AvgIpc) is 3.27. The van der Waals surface area contributed by atoms with Crippen LogP contribution in [-0.4, -0.2) is 36.7 Å². The number of nitrogens with zero attached hydrogens (tertiary/aromatic N) is 2. The van der Waals surface area contributed by atoms with Gasteiger partial charge in [0.1, 0.15) is 5.82 Å². The van der Waals surface area contributed by atoms with Gasteiger partial charge in [0.2, 0.25) is 10.0 Å². The highest BCUT2D eigenvalue weighted by Gasteiger charge is 2.16. The summed E-state index contributed by atoms with van der Waals surface area (Å²) >= 11 is 0. The number of carbonyl (C=O) groups is 2. The molecule has 0 fully saturated rings. The van der Waals surface area contributed by atoms with Gasteiger partial charge in [0.25, 0.3) is 5.91 Å². The number of rotatable bonds is 7. The second kappa shape index (κ2) is 9.69. The standard InChI is InChI=1S/C24H20N4O5S/c25-34(31,32)20-13-11-18(12-14-20)24(30)33-16-23(29)26-22-15-21(17-7-3-1-4-8-17)27-28(22)19-9-5-2-6-10-19/h1-15H,16H2,(H,26,29)(H2,25,31,32). The number of ether oxygens (including phenoxy) is 1. The molecule has 1 aromatic heterocycles. The number of sulfonamides is 1. The minimum absolute atomic E-state index is 0.0842. The van der Waals surface area contributed by atoms with Crippen LogP contribution in [0.15, 0.2) is 95.9 Å². The van der Waals surface area contributed by atoms with E-state index in [0.717, 1.165) is 11.3 Å². The van der Waals surface area contributed by atoms with Crippen molar-refractivity contribution in [1.29, 1.82) is 0 Å². The first-order valence-corrected chi connectivity index (χ1v) is 11.7. The first-order valence-electron chi connectivity index (χ1n) is 10.1. The molecule has 0 atom stereocenters.